The summed E-state index contributed by atoms with van der Waals surface area (Å²) in [6.45, 7) is 8.02. The molecule has 1 saturated heterocycles. The first-order valence-electron chi connectivity index (χ1n) is 6.81. The normalized spacial score (nSPS) is 19.9. The number of aromatic hydroxyl groups is 1. The molecule has 1 aromatic rings. The van der Waals surface area contributed by atoms with Gasteiger partial charge in [-0.3, -0.25) is 0 Å². The second-order valence-corrected chi connectivity index (χ2v) is 6.13. The predicted molar refractivity (Wildman–Crippen MR) is 77.8 cm³/mol. The molecule has 1 N–H and O–H groups in total. The average Bonchev–Trinajstić information content (AvgIpc) is 2.57. The Hall–Kier alpha value is -1.51. The number of phenols is 1. The van der Waals surface area contributed by atoms with Gasteiger partial charge in [0, 0.05) is 6.42 Å². The van der Waals surface area contributed by atoms with Gasteiger partial charge in [0.1, 0.15) is 5.75 Å². The van der Waals surface area contributed by atoms with Crippen molar-refractivity contribution >= 4 is 12.6 Å². The summed E-state index contributed by atoms with van der Waals surface area (Å²) in [6, 6.07) is 7.37. The van der Waals surface area contributed by atoms with E-state index in [0.29, 0.717) is 12.8 Å². The van der Waals surface area contributed by atoms with Crippen molar-refractivity contribution in [3.63, 3.8) is 0 Å². The third kappa shape index (κ3) is 2.67. The Balaban J connectivity index is 2.25. The molecule has 0 amide bonds. The first-order valence-corrected chi connectivity index (χ1v) is 6.81. The van der Waals surface area contributed by atoms with Crippen LogP contribution in [0.25, 0.3) is 0 Å². The molecule has 0 aliphatic carbocycles. The highest BCUT2D eigenvalue weighted by atomic mass is 16.7. The van der Waals surface area contributed by atoms with Crippen LogP contribution in [0.3, 0.4) is 0 Å². The Morgan fingerprint density at radius 2 is 1.80 bits per heavy atom. The van der Waals surface area contributed by atoms with Crippen molar-refractivity contribution in [2.24, 2.45) is 0 Å². The molecule has 0 bridgehead atoms. The quantitative estimate of drug-likeness (QED) is 0.857. The molecular weight excluding hydrogens is 253 g/mol. The average molecular weight is 273 g/mol. The first-order chi connectivity index (χ1) is 9.27. The fourth-order valence-corrected chi connectivity index (χ4v) is 2.12. The number of aryl methyl sites for hydroxylation is 1. The predicted octanol–water partition coefficient (Wildman–Crippen LogP) is 2.15. The summed E-state index contributed by atoms with van der Waals surface area (Å²) in [5.41, 5.74) is 0.846. The summed E-state index contributed by atoms with van der Waals surface area (Å²) in [5.74, 6) is 0.209. The van der Waals surface area contributed by atoms with E-state index in [1.165, 1.54) is 0 Å². The van der Waals surface area contributed by atoms with Gasteiger partial charge in [0.25, 0.3) is 0 Å². The second-order valence-electron chi connectivity index (χ2n) is 6.13. The van der Waals surface area contributed by atoms with Crippen LogP contribution >= 0.6 is 0 Å². The van der Waals surface area contributed by atoms with Crippen LogP contribution in [0, 0.1) is 11.3 Å². The van der Waals surface area contributed by atoms with Gasteiger partial charge in [-0.15, -0.1) is 0 Å². The van der Waals surface area contributed by atoms with Gasteiger partial charge >= 0.3 is 7.12 Å². The molecule has 0 atom stereocenters. The van der Waals surface area contributed by atoms with Crippen molar-refractivity contribution < 1.29 is 14.4 Å². The van der Waals surface area contributed by atoms with Crippen LogP contribution in [0.4, 0.5) is 0 Å². The highest BCUT2D eigenvalue weighted by Gasteiger charge is 2.51. The first kappa shape index (κ1) is 14.9. The molecule has 0 spiro atoms. The Kier molecular flexibility index (Phi) is 3.81. The van der Waals surface area contributed by atoms with Crippen LogP contribution in [0.2, 0.25) is 0 Å². The fraction of sp³-hybridized carbons (Fsp3) is 0.533. The summed E-state index contributed by atoms with van der Waals surface area (Å²) < 4.78 is 12.0. The molecule has 4 nitrogen and oxygen atoms in total. The van der Waals surface area contributed by atoms with Gasteiger partial charge in [0.2, 0.25) is 0 Å². The van der Waals surface area contributed by atoms with E-state index in [4.69, 9.17) is 14.6 Å². The van der Waals surface area contributed by atoms with Crippen LogP contribution < -0.4 is 5.46 Å². The highest BCUT2D eigenvalue weighted by Crippen LogP contribution is 2.36. The molecular formula is C15H20BNO3. The minimum Gasteiger partial charge on any atom is -0.508 e. The summed E-state index contributed by atoms with van der Waals surface area (Å²) in [4.78, 5) is 0. The summed E-state index contributed by atoms with van der Waals surface area (Å²) in [7, 11) is -0.443. The van der Waals surface area contributed by atoms with E-state index < -0.39 is 7.12 Å². The Morgan fingerprint density at radius 3 is 2.35 bits per heavy atom. The van der Waals surface area contributed by atoms with E-state index in [-0.39, 0.29) is 17.0 Å². The van der Waals surface area contributed by atoms with Gasteiger partial charge in [0.15, 0.2) is 0 Å². The number of hydrogen-bond donors (Lipinski definition) is 1. The van der Waals surface area contributed by atoms with Crippen LogP contribution in [0.5, 0.6) is 5.75 Å². The Morgan fingerprint density at radius 1 is 1.20 bits per heavy atom. The molecule has 0 saturated carbocycles. The number of hydrogen-bond acceptors (Lipinski definition) is 4. The molecule has 1 fully saturated rings. The third-order valence-corrected chi connectivity index (χ3v) is 4.14. The lowest BCUT2D eigenvalue weighted by molar-refractivity contribution is 0.00578. The van der Waals surface area contributed by atoms with E-state index in [1.54, 1.807) is 12.1 Å². The maximum atomic E-state index is 9.82. The number of benzene rings is 1. The van der Waals surface area contributed by atoms with Crippen LogP contribution in [-0.2, 0) is 15.7 Å². The molecule has 1 aliphatic rings. The Bertz CT molecular complexity index is 533. The molecule has 0 unspecified atom stereocenters. The van der Waals surface area contributed by atoms with E-state index in [9.17, 15) is 5.11 Å². The smallest absolute Gasteiger partial charge is 0.494 e. The minimum absolute atomic E-state index is 0.209. The second kappa shape index (κ2) is 5.12. The zero-order valence-corrected chi connectivity index (χ0v) is 12.4. The molecule has 20 heavy (non-hydrogen) atoms. The standard InChI is InChI=1S/C15H20BNO3/c1-14(2)15(3,4)20-16(19-14)12-7-8-13(18)11(10-12)6-5-9-17/h7-8,10,18H,5-6H2,1-4H3. The summed E-state index contributed by atoms with van der Waals surface area (Å²) >= 11 is 0. The number of nitrogens with zero attached hydrogens (tertiary/aromatic N) is 1. The molecule has 1 heterocycles. The van der Waals surface area contributed by atoms with Gasteiger partial charge in [-0.25, -0.2) is 0 Å². The van der Waals surface area contributed by atoms with Crippen molar-refractivity contribution in [1.29, 1.82) is 5.26 Å². The topological polar surface area (TPSA) is 62.5 Å². The molecule has 106 valence electrons. The fourth-order valence-electron chi connectivity index (χ4n) is 2.12. The van der Waals surface area contributed by atoms with E-state index >= 15 is 0 Å². The zero-order chi connectivity index (χ0) is 15.0. The lowest BCUT2D eigenvalue weighted by atomic mass is 9.78. The van der Waals surface area contributed by atoms with Gasteiger partial charge in [-0.1, -0.05) is 12.1 Å². The summed E-state index contributed by atoms with van der Waals surface area (Å²) in [6.07, 6.45) is 0.899. The molecule has 2 rings (SSSR count). The number of phenolic OH excluding ortho intramolecular Hbond substituents is 1. The SMILES string of the molecule is CC1(C)OB(c2ccc(O)c(CCC#N)c2)OC1(C)C. The zero-order valence-electron chi connectivity index (χ0n) is 12.4. The lowest BCUT2D eigenvalue weighted by Gasteiger charge is -2.32. The van der Waals surface area contributed by atoms with Crippen molar-refractivity contribution in [2.75, 3.05) is 0 Å². The third-order valence-electron chi connectivity index (χ3n) is 4.14. The monoisotopic (exact) mass is 273 g/mol. The van der Waals surface area contributed by atoms with Crippen molar-refractivity contribution in [1.82, 2.24) is 0 Å². The van der Waals surface area contributed by atoms with Gasteiger partial charge in [0.05, 0.1) is 17.3 Å². The van der Waals surface area contributed by atoms with Crippen LogP contribution in [0.1, 0.15) is 39.7 Å². The molecule has 0 radical (unpaired) electrons. The van der Waals surface area contributed by atoms with Crippen molar-refractivity contribution in [3.05, 3.63) is 23.8 Å². The number of nitriles is 1. The van der Waals surface area contributed by atoms with E-state index in [1.807, 2.05) is 33.8 Å². The molecule has 0 aromatic heterocycles. The molecule has 5 heteroatoms. The molecule has 1 aliphatic heterocycles. The van der Waals surface area contributed by atoms with E-state index in [2.05, 4.69) is 6.07 Å². The van der Waals surface area contributed by atoms with Gasteiger partial charge in [-0.05, 0) is 51.2 Å². The largest absolute Gasteiger partial charge is 0.508 e. The van der Waals surface area contributed by atoms with Crippen molar-refractivity contribution in [2.45, 2.75) is 51.7 Å². The highest BCUT2D eigenvalue weighted by molar-refractivity contribution is 6.62. The Labute approximate surface area is 120 Å². The van der Waals surface area contributed by atoms with Gasteiger partial charge < -0.3 is 14.4 Å². The van der Waals surface area contributed by atoms with Crippen LogP contribution in [0.15, 0.2) is 18.2 Å². The molecule has 1 aromatic carbocycles. The minimum atomic E-state index is -0.443. The van der Waals surface area contributed by atoms with Crippen LogP contribution in [-0.4, -0.2) is 23.4 Å². The maximum Gasteiger partial charge on any atom is 0.494 e. The van der Waals surface area contributed by atoms with Crippen molar-refractivity contribution in [3.8, 4) is 11.8 Å². The maximum absolute atomic E-state index is 9.82. The summed E-state index contributed by atoms with van der Waals surface area (Å²) in [5, 5.41) is 18.5. The lowest BCUT2D eigenvalue weighted by Crippen LogP contribution is -2.41. The van der Waals surface area contributed by atoms with Gasteiger partial charge in [-0.2, -0.15) is 5.26 Å². The number of rotatable bonds is 3. The van der Waals surface area contributed by atoms with E-state index in [0.717, 1.165) is 11.0 Å².